The lowest BCUT2D eigenvalue weighted by Crippen LogP contribution is -2.46. The Hall–Kier alpha value is -0.980. The summed E-state index contributed by atoms with van der Waals surface area (Å²) in [5.41, 5.74) is 0.373. The van der Waals surface area contributed by atoms with Gasteiger partial charge in [-0.2, -0.15) is 0 Å². The quantitative estimate of drug-likeness (QED) is 0.607. The van der Waals surface area contributed by atoms with E-state index in [1.165, 1.54) is 0 Å². The molecule has 0 spiro atoms. The highest BCUT2D eigenvalue weighted by atomic mass is 16.3. The highest BCUT2D eigenvalue weighted by Gasteiger charge is 2.33. The van der Waals surface area contributed by atoms with E-state index >= 15 is 0 Å². The van der Waals surface area contributed by atoms with Gasteiger partial charge in [-0.15, -0.1) is 5.10 Å². The monoisotopic (exact) mass is 240 g/mol. The molecule has 2 rings (SSSR count). The predicted octanol–water partition coefficient (Wildman–Crippen LogP) is -0.335. The maximum Gasteiger partial charge on any atom is 0.0964 e. The van der Waals surface area contributed by atoms with Gasteiger partial charge in [-0.3, -0.25) is 4.68 Å². The van der Waals surface area contributed by atoms with Gasteiger partial charge in [0.1, 0.15) is 0 Å². The van der Waals surface area contributed by atoms with Crippen LogP contribution < -0.4 is 5.32 Å². The molecule has 0 radical (unpaired) electrons. The number of nitrogens with one attached hydrogen (secondary N) is 1. The molecule has 17 heavy (non-hydrogen) atoms. The highest BCUT2D eigenvalue weighted by molar-refractivity contribution is 4.94. The Morgan fingerprint density at radius 2 is 2.29 bits per heavy atom. The third-order valence-corrected chi connectivity index (χ3v) is 3.18. The number of rotatable bonds is 7. The van der Waals surface area contributed by atoms with Gasteiger partial charge in [0, 0.05) is 32.4 Å². The molecular formula is C11H20N4O2. The molecule has 1 aliphatic carbocycles. The third kappa shape index (κ3) is 3.49. The summed E-state index contributed by atoms with van der Waals surface area (Å²) < 4.78 is 1.73. The summed E-state index contributed by atoms with van der Waals surface area (Å²) in [4.78, 5) is 0. The van der Waals surface area contributed by atoms with Crippen molar-refractivity contribution >= 4 is 0 Å². The van der Waals surface area contributed by atoms with Crippen LogP contribution in [0.15, 0.2) is 6.20 Å². The van der Waals surface area contributed by atoms with Crippen molar-refractivity contribution in [1.82, 2.24) is 20.3 Å². The Morgan fingerprint density at radius 1 is 1.47 bits per heavy atom. The van der Waals surface area contributed by atoms with Crippen LogP contribution in [0, 0.1) is 0 Å². The van der Waals surface area contributed by atoms with Crippen LogP contribution in [0.5, 0.6) is 0 Å². The molecule has 1 aliphatic rings. The van der Waals surface area contributed by atoms with Crippen LogP contribution in [0.4, 0.5) is 0 Å². The Labute approximate surface area is 101 Å². The summed E-state index contributed by atoms with van der Waals surface area (Å²) in [6, 6.07) is 0. The normalized spacial score (nSPS) is 18.0. The minimum atomic E-state index is -0.493. The summed E-state index contributed by atoms with van der Waals surface area (Å²) in [5, 5.41) is 29.7. The fourth-order valence-corrected chi connectivity index (χ4v) is 1.95. The van der Waals surface area contributed by atoms with E-state index in [2.05, 4.69) is 15.6 Å². The zero-order valence-corrected chi connectivity index (χ0v) is 9.97. The molecule has 1 aromatic rings. The number of aryl methyl sites for hydroxylation is 1. The van der Waals surface area contributed by atoms with Crippen molar-refractivity contribution in [1.29, 1.82) is 0 Å². The van der Waals surface area contributed by atoms with Crippen LogP contribution in [-0.2, 0) is 13.1 Å². The van der Waals surface area contributed by atoms with Gasteiger partial charge in [-0.25, -0.2) is 0 Å². The highest BCUT2D eigenvalue weighted by Crippen LogP contribution is 2.30. The van der Waals surface area contributed by atoms with Crippen LogP contribution in [0.25, 0.3) is 0 Å². The van der Waals surface area contributed by atoms with E-state index in [-0.39, 0.29) is 6.61 Å². The second-order valence-corrected chi connectivity index (χ2v) is 4.73. The van der Waals surface area contributed by atoms with Gasteiger partial charge in [0.05, 0.1) is 11.3 Å². The van der Waals surface area contributed by atoms with Crippen molar-refractivity contribution in [2.24, 2.45) is 0 Å². The van der Waals surface area contributed by atoms with E-state index in [4.69, 9.17) is 5.11 Å². The van der Waals surface area contributed by atoms with E-state index in [1.54, 1.807) is 4.68 Å². The average Bonchev–Trinajstić information content (AvgIpc) is 2.72. The van der Waals surface area contributed by atoms with Crippen molar-refractivity contribution in [3.8, 4) is 0 Å². The molecule has 0 amide bonds. The van der Waals surface area contributed by atoms with E-state index in [0.717, 1.165) is 25.0 Å². The molecule has 0 bridgehead atoms. The molecule has 1 heterocycles. The Kier molecular flexibility index (Phi) is 4.09. The molecule has 0 saturated heterocycles. The minimum Gasteiger partial charge on any atom is -0.396 e. The van der Waals surface area contributed by atoms with E-state index in [1.807, 2.05) is 6.20 Å². The van der Waals surface area contributed by atoms with E-state index in [9.17, 15) is 5.11 Å². The molecule has 1 fully saturated rings. The first kappa shape index (κ1) is 12.5. The van der Waals surface area contributed by atoms with Crippen LogP contribution >= 0.6 is 0 Å². The maximum atomic E-state index is 9.88. The van der Waals surface area contributed by atoms with Gasteiger partial charge in [0.25, 0.3) is 0 Å². The average molecular weight is 240 g/mol. The number of nitrogens with zero attached hydrogens (tertiary/aromatic N) is 3. The molecule has 1 aromatic heterocycles. The van der Waals surface area contributed by atoms with Gasteiger partial charge in [0.2, 0.25) is 0 Å². The summed E-state index contributed by atoms with van der Waals surface area (Å²) in [6.45, 7) is 2.10. The largest absolute Gasteiger partial charge is 0.396 e. The molecule has 1 saturated carbocycles. The fourth-order valence-electron chi connectivity index (χ4n) is 1.95. The zero-order valence-electron chi connectivity index (χ0n) is 9.97. The smallest absolute Gasteiger partial charge is 0.0964 e. The predicted molar refractivity (Wildman–Crippen MR) is 62.2 cm³/mol. The molecule has 6 nitrogen and oxygen atoms in total. The van der Waals surface area contributed by atoms with Gasteiger partial charge < -0.3 is 15.5 Å². The Morgan fingerprint density at radius 3 is 2.94 bits per heavy atom. The van der Waals surface area contributed by atoms with Crippen molar-refractivity contribution < 1.29 is 10.2 Å². The lowest BCUT2D eigenvalue weighted by molar-refractivity contribution is -0.0315. The van der Waals surface area contributed by atoms with E-state index in [0.29, 0.717) is 26.1 Å². The molecule has 0 atom stereocenters. The number of hydrogen-bond acceptors (Lipinski definition) is 5. The number of aliphatic hydroxyl groups is 2. The molecule has 0 unspecified atom stereocenters. The summed E-state index contributed by atoms with van der Waals surface area (Å²) in [6.07, 6.45) is 5.46. The van der Waals surface area contributed by atoms with Crippen LogP contribution in [-0.4, -0.2) is 44.0 Å². The van der Waals surface area contributed by atoms with Crippen LogP contribution in [0.1, 0.15) is 31.4 Å². The summed E-state index contributed by atoms with van der Waals surface area (Å²) in [5.74, 6) is 0. The minimum absolute atomic E-state index is 0.167. The number of aliphatic hydroxyl groups excluding tert-OH is 1. The second kappa shape index (κ2) is 5.57. The van der Waals surface area contributed by atoms with Crippen LogP contribution in [0.2, 0.25) is 0 Å². The number of hydrogen-bond donors (Lipinski definition) is 3. The van der Waals surface area contributed by atoms with Crippen molar-refractivity contribution in [3.05, 3.63) is 11.9 Å². The Bertz CT molecular complexity index is 349. The lowest BCUT2D eigenvalue weighted by Gasteiger charge is -2.36. The van der Waals surface area contributed by atoms with Crippen molar-refractivity contribution in [2.75, 3.05) is 13.2 Å². The molecular weight excluding hydrogens is 220 g/mol. The van der Waals surface area contributed by atoms with Crippen molar-refractivity contribution in [2.45, 2.75) is 44.4 Å². The molecule has 0 aliphatic heterocycles. The number of aromatic nitrogens is 3. The van der Waals surface area contributed by atoms with Gasteiger partial charge in [-0.05, 0) is 25.7 Å². The summed E-state index contributed by atoms with van der Waals surface area (Å²) in [7, 11) is 0. The van der Waals surface area contributed by atoms with Crippen LogP contribution in [0.3, 0.4) is 0 Å². The molecule has 96 valence electrons. The van der Waals surface area contributed by atoms with Gasteiger partial charge in [0.15, 0.2) is 0 Å². The molecule has 0 aromatic carbocycles. The topological polar surface area (TPSA) is 83.2 Å². The first-order valence-corrected chi connectivity index (χ1v) is 6.15. The van der Waals surface area contributed by atoms with Gasteiger partial charge >= 0.3 is 0 Å². The fraction of sp³-hybridized carbons (Fsp3) is 0.818. The molecule has 3 N–H and O–H groups in total. The first-order chi connectivity index (χ1) is 8.22. The lowest BCUT2D eigenvalue weighted by atomic mass is 9.80. The van der Waals surface area contributed by atoms with E-state index < -0.39 is 5.60 Å². The second-order valence-electron chi connectivity index (χ2n) is 4.73. The zero-order chi connectivity index (χ0) is 12.1. The third-order valence-electron chi connectivity index (χ3n) is 3.18. The first-order valence-electron chi connectivity index (χ1n) is 6.15. The maximum absolute atomic E-state index is 9.88. The standard InChI is InChI=1S/C11H20N4O2/c16-6-2-5-15-8-10(13-14-15)7-12-9-11(17)3-1-4-11/h8,12,16-17H,1-7,9H2. The molecule has 6 heteroatoms. The Balaban J connectivity index is 1.69. The van der Waals surface area contributed by atoms with Crippen molar-refractivity contribution in [3.63, 3.8) is 0 Å². The van der Waals surface area contributed by atoms with Gasteiger partial charge in [-0.1, -0.05) is 5.21 Å². The summed E-state index contributed by atoms with van der Waals surface area (Å²) >= 11 is 0. The SMILES string of the molecule is OCCCn1cc(CNCC2(O)CCC2)nn1.